The molecule has 96 valence electrons. The van der Waals surface area contributed by atoms with E-state index >= 15 is 0 Å². The Kier molecular flexibility index (Phi) is 3.91. The Morgan fingerprint density at radius 2 is 2.22 bits per heavy atom. The number of ether oxygens (including phenoxy) is 1. The van der Waals surface area contributed by atoms with Crippen molar-refractivity contribution in [1.82, 2.24) is 9.55 Å². The Morgan fingerprint density at radius 1 is 1.44 bits per heavy atom. The third kappa shape index (κ3) is 2.67. The number of hydrogen-bond acceptors (Lipinski definition) is 3. The van der Waals surface area contributed by atoms with Crippen molar-refractivity contribution in [2.45, 2.75) is 13.5 Å². The Morgan fingerprint density at radius 3 is 2.83 bits per heavy atom. The highest BCUT2D eigenvalue weighted by atomic mass is 79.9. The largest absolute Gasteiger partial charge is 0.495 e. The molecule has 1 heterocycles. The highest BCUT2D eigenvalue weighted by Crippen LogP contribution is 2.32. The highest BCUT2D eigenvalue weighted by molar-refractivity contribution is 9.10. The van der Waals surface area contributed by atoms with Gasteiger partial charge in [-0.15, -0.1) is 0 Å². The van der Waals surface area contributed by atoms with Gasteiger partial charge in [-0.25, -0.2) is 4.98 Å². The molecule has 0 saturated carbocycles. The van der Waals surface area contributed by atoms with Gasteiger partial charge in [-0.1, -0.05) is 15.9 Å². The van der Waals surface area contributed by atoms with Gasteiger partial charge in [0, 0.05) is 23.9 Å². The number of rotatable bonds is 4. The van der Waals surface area contributed by atoms with Crippen molar-refractivity contribution in [2.75, 3.05) is 12.4 Å². The average Bonchev–Trinajstić information content (AvgIpc) is 2.73. The molecule has 0 aliphatic carbocycles. The second-order valence-corrected chi connectivity index (χ2v) is 5.02. The first kappa shape index (κ1) is 13.0. The summed E-state index contributed by atoms with van der Waals surface area (Å²) in [5, 5.41) is 3.37. The van der Waals surface area contributed by atoms with Crippen LogP contribution >= 0.6 is 15.9 Å². The summed E-state index contributed by atoms with van der Waals surface area (Å²) in [6.45, 7) is 2.72. The molecule has 0 atom stereocenters. The zero-order chi connectivity index (χ0) is 13.1. The molecule has 0 amide bonds. The molecule has 2 aromatic rings. The van der Waals surface area contributed by atoms with Crippen LogP contribution in [0.25, 0.3) is 0 Å². The fraction of sp³-hybridized carbons (Fsp3) is 0.308. The first-order chi connectivity index (χ1) is 8.61. The van der Waals surface area contributed by atoms with E-state index in [1.165, 1.54) is 0 Å². The van der Waals surface area contributed by atoms with Gasteiger partial charge in [0.25, 0.3) is 0 Å². The number of halogens is 1. The minimum absolute atomic E-state index is 0.669. The summed E-state index contributed by atoms with van der Waals surface area (Å²) in [4.78, 5) is 4.28. The maximum absolute atomic E-state index is 5.39. The molecule has 0 bridgehead atoms. The molecule has 0 fully saturated rings. The molecule has 1 N–H and O–H groups in total. The zero-order valence-corrected chi connectivity index (χ0v) is 12.3. The van der Waals surface area contributed by atoms with Crippen molar-refractivity contribution < 1.29 is 4.74 Å². The Hall–Kier alpha value is -1.49. The number of nitrogens with zero attached hydrogens (tertiary/aromatic N) is 2. The van der Waals surface area contributed by atoms with Crippen molar-refractivity contribution >= 4 is 21.6 Å². The van der Waals surface area contributed by atoms with Gasteiger partial charge in [0.15, 0.2) is 0 Å². The van der Waals surface area contributed by atoms with Crippen molar-refractivity contribution in [3.63, 3.8) is 0 Å². The van der Waals surface area contributed by atoms with Gasteiger partial charge >= 0.3 is 0 Å². The maximum Gasteiger partial charge on any atom is 0.143 e. The molecule has 1 aromatic carbocycles. The summed E-state index contributed by atoms with van der Waals surface area (Å²) in [7, 11) is 3.66. The van der Waals surface area contributed by atoms with Gasteiger partial charge in [-0.3, -0.25) is 0 Å². The maximum atomic E-state index is 5.39. The molecule has 0 radical (unpaired) electrons. The molecule has 0 saturated heterocycles. The second-order valence-electron chi connectivity index (χ2n) is 4.11. The predicted molar refractivity (Wildman–Crippen MR) is 76.0 cm³/mol. The van der Waals surface area contributed by atoms with E-state index in [1.54, 1.807) is 13.3 Å². The number of methoxy groups -OCH3 is 1. The normalized spacial score (nSPS) is 10.4. The minimum atomic E-state index is 0.669. The number of nitrogens with one attached hydrogen (secondary N) is 1. The van der Waals surface area contributed by atoms with Crippen molar-refractivity contribution in [3.8, 4) is 5.75 Å². The first-order valence-electron chi connectivity index (χ1n) is 5.66. The molecule has 0 aliphatic rings. The number of anilines is 1. The number of aryl methyl sites for hydroxylation is 2. The topological polar surface area (TPSA) is 39.1 Å². The lowest BCUT2D eigenvalue weighted by atomic mass is 10.2. The first-order valence-corrected chi connectivity index (χ1v) is 6.45. The van der Waals surface area contributed by atoms with Gasteiger partial charge in [0.05, 0.1) is 19.3 Å². The van der Waals surface area contributed by atoms with Crippen LogP contribution in [-0.4, -0.2) is 16.7 Å². The Labute approximate surface area is 115 Å². The molecule has 0 unspecified atom stereocenters. The van der Waals surface area contributed by atoms with E-state index in [4.69, 9.17) is 4.74 Å². The number of imidazole rings is 1. The van der Waals surface area contributed by atoms with Crippen LogP contribution in [0.3, 0.4) is 0 Å². The molecule has 0 aliphatic heterocycles. The smallest absolute Gasteiger partial charge is 0.143 e. The van der Waals surface area contributed by atoms with Gasteiger partial charge in [-0.2, -0.15) is 0 Å². The SMILES string of the molecule is COc1cc(Br)cc(C)c1NCc1nccn1C. The van der Waals surface area contributed by atoms with Gasteiger partial charge < -0.3 is 14.6 Å². The molecule has 4 nitrogen and oxygen atoms in total. The number of benzene rings is 1. The number of aromatic nitrogens is 2. The Balaban J connectivity index is 2.21. The van der Waals surface area contributed by atoms with E-state index in [9.17, 15) is 0 Å². The summed E-state index contributed by atoms with van der Waals surface area (Å²) >= 11 is 3.47. The van der Waals surface area contributed by atoms with E-state index in [-0.39, 0.29) is 0 Å². The Bertz CT molecular complexity index is 551. The lowest BCUT2D eigenvalue weighted by molar-refractivity contribution is 0.416. The summed E-state index contributed by atoms with van der Waals surface area (Å²) in [6, 6.07) is 4.01. The van der Waals surface area contributed by atoms with Crippen LogP contribution in [0.5, 0.6) is 5.75 Å². The molecule has 18 heavy (non-hydrogen) atoms. The molecule has 2 rings (SSSR count). The van der Waals surface area contributed by atoms with Crippen LogP contribution in [0.15, 0.2) is 29.0 Å². The number of hydrogen-bond donors (Lipinski definition) is 1. The van der Waals surface area contributed by atoms with Gasteiger partial charge in [-0.05, 0) is 24.6 Å². The monoisotopic (exact) mass is 309 g/mol. The summed E-state index contributed by atoms with van der Waals surface area (Å²) in [5.74, 6) is 1.82. The van der Waals surface area contributed by atoms with E-state index in [2.05, 4.69) is 32.3 Å². The molecule has 5 heteroatoms. The van der Waals surface area contributed by atoms with Crippen molar-refractivity contribution in [2.24, 2.45) is 7.05 Å². The van der Waals surface area contributed by atoms with Gasteiger partial charge in [0.2, 0.25) is 0 Å². The fourth-order valence-corrected chi connectivity index (χ4v) is 2.39. The van der Waals surface area contributed by atoms with Crippen LogP contribution in [0.4, 0.5) is 5.69 Å². The van der Waals surface area contributed by atoms with Crippen LogP contribution in [0.1, 0.15) is 11.4 Å². The van der Waals surface area contributed by atoms with Gasteiger partial charge in [0.1, 0.15) is 11.6 Å². The third-order valence-electron chi connectivity index (χ3n) is 2.83. The lowest BCUT2D eigenvalue weighted by Crippen LogP contribution is -2.07. The van der Waals surface area contributed by atoms with Crippen LogP contribution in [0.2, 0.25) is 0 Å². The van der Waals surface area contributed by atoms with E-state index < -0.39 is 0 Å². The summed E-state index contributed by atoms with van der Waals surface area (Å²) < 4.78 is 8.39. The standard InChI is InChI=1S/C13H16BrN3O/c1-9-6-10(14)7-11(18-3)13(9)16-8-12-15-4-5-17(12)2/h4-7,16H,8H2,1-3H3. The van der Waals surface area contributed by atoms with Crippen molar-refractivity contribution in [1.29, 1.82) is 0 Å². The van der Waals surface area contributed by atoms with E-state index in [0.717, 1.165) is 27.3 Å². The van der Waals surface area contributed by atoms with Crippen molar-refractivity contribution in [3.05, 3.63) is 40.4 Å². The average molecular weight is 310 g/mol. The fourth-order valence-electron chi connectivity index (χ4n) is 1.83. The lowest BCUT2D eigenvalue weighted by Gasteiger charge is -2.14. The quantitative estimate of drug-likeness (QED) is 0.943. The summed E-state index contributed by atoms with van der Waals surface area (Å²) in [5.41, 5.74) is 2.14. The zero-order valence-electron chi connectivity index (χ0n) is 10.7. The van der Waals surface area contributed by atoms with E-state index in [0.29, 0.717) is 6.54 Å². The van der Waals surface area contributed by atoms with E-state index in [1.807, 2.05) is 30.8 Å². The molecular weight excluding hydrogens is 294 g/mol. The highest BCUT2D eigenvalue weighted by Gasteiger charge is 2.08. The molecular formula is C13H16BrN3O. The minimum Gasteiger partial charge on any atom is -0.495 e. The molecule has 0 spiro atoms. The summed E-state index contributed by atoms with van der Waals surface area (Å²) in [6.07, 6.45) is 3.73. The van der Waals surface area contributed by atoms with Crippen LogP contribution < -0.4 is 10.1 Å². The second kappa shape index (κ2) is 5.44. The van der Waals surface area contributed by atoms with Crippen LogP contribution in [0, 0.1) is 6.92 Å². The van der Waals surface area contributed by atoms with Crippen LogP contribution in [-0.2, 0) is 13.6 Å². The predicted octanol–water partition coefficient (Wildman–Crippen LogP) is 3.11. The molecule has 1 aromatic heterocycles. The third-order valence-corrected chi connectivity index (χ3v) is 3.29.